The fourth-order valence-corrected chi connectivity index (χ4v) is 3.65. The molecule has 3 aliphatic rings. The Balaban J connectivity index is 1.84. The Bertz CT molecular complexity index is 827. The average Bonchev–Trinajstić information content (AvgIpc) is 2.96. The maximum absolute atomic E-state index is 13.3. The highest BCUT2D eigenvalue weighted by Gasteiger charge is 2.58. The van der Waals surface area contributed by atoms with E-state index >= 15 is 0 Å². The number of carbonyl (C=O) groups excluding carboxylic acids is 1. The van der Waals surface area contributed by atoms with Crippen LogP contribution in [0.25, 0.3) is 0 Å². The number of fused-ring (bicyclic) bond motifs is 1. The number of hydrogen-bond acceptors (Lipinski definition) is 5. The van der Waals surface area contributed by atoms with Crippen molar-refractivity contribution in [3.05, 3.63) is 59.7 Å². The number of ether oxygens (including phenoxy) is 3. The van der Waals surface area contributed by atoms with Crippen molar-refractivity contribution in [1.82, 2.24) is 0 Å². The quantitative estimate of drug-likeness (QED) is 0.673. The van der Waals surface area contributed by atoms with Crippen LogP contribution in [0, 0.1) is 0 Å². The Morgan fingerprint density at radius 1 is 1.44 bits per heavy atom. The summed E-state index contributed by atoms with van der Waals surface area (Å²) in [5.74, 6) is 1.63. The molecule has 2 N–H and O–H groups in total. The van der Waals surface area contributed by atoms with Crippen LogP contribution in [0.2, 0.25) is 0 Å². The first kappa shape index (κ1) is 15.6. The van der Waals surface area contributed by atoms with Crippen LogP contribution >= 0.6 is 0 Å². The number of anilines is 1. The first-order valence-electron chi connectivity index (χ1n) is 8.22. The Morgan fingerprint density at radius 2 is 2.28 bits per heavy atom. The van der Waals surface area contributed by atoms with Crippen LogP contribution in [-0.4, -0.2) is 32.8 Å². The summed E-state index contributed by atoms with van der Waals surface area (Å²) in [6.45, 7) is 5.13. The van der Waals surface area contributed by atoms with Gasteiger partial charge in [-0.25, -0.2) is 0 Å². The number of carbonyl (C=O) groups is 1. The van der Waals surface area contributed by atoms with Gasteiger partial charge < -0.3 is 24.8 Å². The van der Waals surface area contributed by atoms with Gasteiger partial charge in [-0.15, -0.1) is 0 Å². The maximum atomic E-state index is 13.3. The topological polar surface area (TPSA) is 74.0 Å². The Labute approximate surface area is 146 Å². The van der Waals surface area contributed by atoms with Gasteiger partial charge in [0, 0.05) is 12.1 Å². The number of nitrogens with zero attached hydrogens (tertiary/aromatic N) is 1. The molecule has 1 spiro atoms. The third-order valence-electron chi connectivity index (χ3n) is 4.97. The predicted octanol–water partition coefficient (Wildman–Crippen LogP) is 1.97. The monoisotopic (exact) mass is 340 g/mol. The van der Waals surface area contributed by atoms with Crippen LogP contribution in [0.5, 0.6) is 5.75 Å². The third-order valence-corrected chi connectivity index (χ3v) is 4.97. The lowest BCUT2D eigenvalue weighted by molar-refractivity contribution is -0.122. The Morgan fingerprint density at radius 3 is 3.08 bits per heavy atom. The number of benzene rings is 1. The van der Waals surface area contributed by atoms with E-state index in [0.717, 1.165) is 23.4 Å². The lowest BCUT2D eigenvalue weighted by Gasteiger charge is -2.22. The summed E-state index contributed by atoms with van der Waals surface area (Å²) >= 11 is 0. The number of rotatable bonds is 3. The number of hydrogen-bond donors (Lipinski definition) is 1. The van der Waals surface area contributed by atoms with Gasteiger partial charge in [0.15, 0.2) is 5.41 Å². The van der Waals surface area contributed by atoms with Crippen LogP contribution in [0.3, 0.4) is 0 Å². The minimum absolute atomic E-state index is 0.0491. The summed E-state index contributed by atoms with van der Waals surface area (Å²) in [4.78, 5) is 15.1. The number of amides is 1. The number of allylic oxidation sites excluding steroid dienone is 2. The van der Waals surface area contributed by atoms with E-state index in [0.29, 0.717) is 30.4 Å². The fourth-order valence-electron chi connectivity index (χ4n) is 3.65. The van der Waals surface area contributed by atoms with Gasteiger partial charge >= 0.3 is 0 Å². The molecule has 130 valence electrons. The van der Waals surface area contributed by atoms with Gasteiger partial charge in [0.1, 0.15) is 23.9 Å². The van der Waals surface area contributed by atoms with E-state index in [-0.39, 0.29) is 12.5 Å². The maximum Gasteiger partial charge on any atom is 0.247 e. The van der Waals surface area contributed by atoms with Crippen LogP contribution in [0.4, 0.5) is 5.69 Å². The third kappa shape index (κ3) is 2.06. The molecular formula is C19H20N2O4. The standard InChI is InChI=1S/C19H20N2O4/c1-12(23-2)7-8-15-17(20)19(11-25-15)13-5-3-6-14-16(13)21(18(19)22)9-4-10-24-14/h3,5-8H,1,4,9-11,20H2,2H3/b8-7-. The van der Waals surface area contributed by atoms with Gasteiger partial charge in [0.25, 0.3) is 0 Å². The largest absolute Gasteiger partial charge is 0.497 e. The smallest absolute Gasteiger partial charge is 0.247 e. The second-order valence-corrected chi connectivity index (χ2v) is 6.29. The van der Waals surface area contributed by atoms with Crippen molar-refractivity contribution in [2.24, 2.45) is 5.73 Å². The normalized spacial score (nSPS) is 24.4. The average molecular weight is 340 g/mol. The molecule has 1 aromatic carbocycles. The summed E-state index contributed by atoms with van der Waals surface area (Å²) in [5, 5.41) is 0. The van der Waals surface area contributed by atoms with E-state index in [1.165, 1.54) is 7.11 Å². The van der Waals surface area contributed by atoms with Crippen molar-refractivity contribution in [3.8, 4) is 5.75 Å². The minimum atomic E-state index is -0.986. The molecule has 0 saturated carbocycles. The minimum Gasteiger partial charge on any atom is -0.497 e. The van der Waals surface area contributed by atoms with Gasteiger partial charge in [-0.1, -0.05) is 18.7 Å². The zero-order valence-electron chi connectivity index (χ0n) is 14.1. The van der Waals surface area contributed by atoms with Crippen molar-refractivity contribution in [1.29, 1.82) is 0 Å². The SMILES string of the molecule is C=C(/C=C\C1=C(N)C2(CO1)C(=O)N1CCCOc3cccc2c31)OC. The number of para-hydroxylation sites is 1. The van der Waals surface area contributed by atoms with Gasteiger partial charge in [-0.05, 0) is 24.6 Å². The highest BCUT2D eigenvalue weighted by molar-refractivity contribution is 6.12. The molecule has 0 aromatic heterocycles. The van der Waals surface area contributed by atoms with E-state index in [9.17, 15) is 4.79 Å². The Hall–Kier alpha value is -2.89. The van der Waals surface area contributed by atoms with Crippen molar-refractivity contribution in [3.63, 3.8) is 0 Å². The molecule has 1 aromatic rings. The zero-order valence-corrected chi connectivity index (χ0v) is 14.1. The molecule has 0 radical (unpaired) electrons. The first-order chi connectivity index (χ1) is 12.1. The van der Waals surface area contributed by atoms with E-state index < -0.39 is 5.41 Å². The van der Waals surface area contributed by atoms with Crippen molar-refractivity contribution < 1.29 is 19.0 Å². The molecule has 1 atom stereocenters. The lowest BCUT2D eigenvalue weighted by Crippen LogP contribution is -2.45. The van der Waals surface area contributed by atoms with E-state index in [1.807, 2.05) is 18.2 Å². The van der Waals surface area contributed by atoms with Gasteiger partial charge in [-0.3, -0.25) is 4.79 Å². The summed E-state index contributed by atoms with van der Waals surface area (Å²) < 4.78 is 16.6. The molecule has 3 aliphatic heterocycles. The van der Waals surface area contributed by atoms with Crippen LogP contribution in [0.15, 0.2) is 54.1 Å². The van der Waals surface area contributed by atoms with Gasteiger partial charge in [-0.2, -0.15) is 0 Å². The molecular weight excluding hydrogens is 320 g/mol. The fraction of sp³-hybridized carbons (Fsp3) is 0.316. The van der Waals surface area contributed by atoms with Gasteiger partial charge in [0.2, 0.25) is 5.91 Å². The predicted molar refractivity (Wildman–Crippen MR) is 93.0 cm³/mol. The summed E-state index contributed by atoms with van der Waals surface area (Å²) in [6, 6.07) is 5.72. The lowest BCUT2D eigenvalue weighted by atomic mass is 9.80. The van der Waals surface area contributed by atoms with Crippen molar-refractivity contribution >= 4 is 11.6 Å². The zero-order chi connectivity index (χ0) is 17.6. The molecule has 0 fully saturated rings. The number of methoxy groups -OCH3 is 1. The second-order valence-electron chi connectivity index (χ2n) is 6.29. The van der Waals surface area contributed by atoms with E-state index in [2.05, 4.69) is 6.58 Å². The van der Waals surface area contributed by atoms with Gasteiger partial charge in [0.05, 0.1) is 25.1 Å². The molecule has 25 heavy (non-hydrogen) atoms. The molecule has 1 amide bonds. The van der Waals surface area contributed by atoms with Crippen molar-refractivity contribution in [2.45, 2.75) is 11.8 Å². The molecule has 3 heterocycles. The Kier molecular flexibility index (Phi) is 3.49. The molecule has 6 heteroatoms. The van der Waals surface area contributed by atoms with Crippen LogP contribution in [0.1, 0.15) is 12.0 Å². The highest BCUT2D eigenvalue weighted by atomic mass is 16.5. The second kappa shape index (κ2) is 5.58. The number of nitrogens with two attached hydrogens (primary N) is 1. The molecule has 0 aliphatic carbocycles. The molecule has 1 unspecified atom stereocenters. The van der Waals surface area contributed by atoms with Crippen LogP contribution in [-0.2, 0) is 19.7 Å². The molecule has 4 rings (SSSR count). The molecule has 0 saturated heterocycles. The first-order valence-corrected chi connectivity index (χ1v) is 8.22. The summed E-state index contributed by atoms with van der Waals surface area (Å²) in [5.41, 5.74) is 7.53. The van der Waals surface area contributed by atoms with E-state index in [1.54, 1.807) is 17.1 Å². The summed E-state index contributed by atoms with van der Waals surface area (Å²) in [7, 11) is 1.54. The van der Waals surface area contributed by atoms with Crippen molar-refractivity contribution in [2.75, 3.05) is 31.8 Å². The molecule has 6 nitrogen and oxygen atoms in total. The van der Waals surface area contributed by atoms with E-state index in [4.69, 9.17) is 19.9 Å². The summed E-state index contributed by atoms with van der Waals surface area (Å²) in [6.07, 6.45) is 4.14. The highest BCUT2D eigenvalue weighted by Crippen LogP contribution is 2.52. The van der Waals surface area contributed by atoms with Crippen LogP contribution < -0.4 is 15.4 Å². The molecule has 0 bridgehead atoms.